The minimum Gasteiger partial charge on any atom is -0.304 e. The van der Waals surface area contributed by atoms with Crippen LogP contribution in [-0.4, -0.2) is 16.1 Å². The van der Waals surface area contributed by atoms with Crippen LogP contribution in [-0.2, 0) is 16.8 Å². The molecule has 7 heteroatoms. The van der Waals surface area contributed by atoms with E-state index in [-0.39, 0.29) is 5.91 Å². The highest BCUT2D eigenvalue weighted by Gasteiger charge is 2.43. The predicted molar refractivity (Wildman–Crippen MR) is 78.4 cm³/mol. The smallest absolute Gasteiger partial charge is 0.237 e. The van der Waals surface area contributed by atoms with E-state index in [0.717, 1.165) is 16.3 Å². The van der Waals surface area contributed by atoms with E-state index in [0.29, 0.717) is 11.7 Å². The van der Waals surface area contributed by atoms with Crippen LogP contribution in [0.25, 0.3) is 0 Å². The Labute approximate surface area is 120 Å². The topological polar surface area (TPSA) is 84.1 Å². The van der Waals surface area contributed by atoms with Crippen molar-refractivity contribution >= 4 is 28.1 Å². The molecule has 6 nitrogen and oxygen atoms in total. The maximum absolute atomic E-state index is 12.6. The number of hydrazine groups is 1. The number of carbonyl (C=O) groups excluding carboxylic acids is 1. The number of amides is 1. The molecule has 3 rings (SSSR count). The Bertz CT molecular complexity index is 666. The van der Waals surface area contributed by atoms with Gasteiger partial charge in [0.05, 0.1) is 12.0 Å². The van der Waals surface area contributed by atoms with Crippen molar-refractivity contribution in [3.05, 3.63) is 34.8 Å². The van der Waals surface area contributed by atoms with E-state index in [1.165, 1.54) is 11.3 Å². The van der Waals surface area contributed by atoms with E-state index in [1.807, 2.05) is 38.1 Å². The first kappa shape index (κ1) is 13.0. The van der Waals surface area contributed by atoms with Crippen LogP contribution in [0.15, 0.2) is 24.3 Å². The van der Waals surface area contributed by atoms with Gasteiger partial charge in [-0.25, -0.2) is 5.84 Å². The number of nitrogens with zero attached hydrogens (tertiary/aromatic N) is 3. The lowest BCUT2D eigenvalue weighted by atomic mass is 9.86. The molecule has 0 unspecified atom stereocenters. The van der Waals surface area contributed by atoms with Crippen LogP contribution in [0.2, 0.25) is 0 Å². The SMILES string of the molecule is CC1(C)C(=O)N(Cc2nnc(NN)s2)c2ccccc21. The second-order valence-corrected chi connectivity index (χ2v) is 6.24. The number of aromatic nitrogens is 2. The maximum Gasteiger partial charge on any atom is 0.237 e. The van der Waals surface area contributed by atoms with Crippen molar-refractivity contribution in [3.8, 4) is 0 Å². The van der Waals surface area contributed by atoms with E-state index in [1.54, 1.807) is 4.90 Å². The molecule has 1 aliphatic heterocycles. The molecule has 20 heavy (non-hydrogen) atoms. The fraction of sp³-hybridized carbons (Fsp3) is 0.308. The lowest BCUT2D eigenvalue weighted by Gasteiger charge is -2.19. The Hall–Kier alpha value is -1.99. The summed E-state index contributed by atoms with van der Waals surface area (Å²) in [5.74, 6) is 5.38. The largest absolute Gasteiger partial charge is 0.304 e. The fourth-order valence-corrected chi connectivity index (χ4v) is 3.11. The lowest BCUT2D eigenvalue weighted by Crippen LogP contribution is -2.35. The van der Waals surface area contributed by atoms with Gasteiger partial charge in [0.2, 0.25) is 11.0 Å². The molecule has 0 saturated carbocycles. The Morgan fingerprint density at radius 1 is 1.35 bits per heavy atom. The normalized spacial score (nSPS) is 16.4. The molecule has 0 fully saturated rings. The van der Waals surface area contributed by atoms with Crippen molar-refractivity contribution in [2.45, 2.75) is 25.8 Å². The molecule has 0 spiro atoms. The molecule has 1 aromatic heterocycles. The van der Waals surface area contributed by atoms with Crippen molar-refractivity contribution in [2.75, 3.05) is 10.3 Å². The molecule has 0 atom stereocenters. The molecular weight excluding hydrogens is 274 g/mol. The zero-order chi connectivity index (χ0) is 14.3. The number of hydrogen-bond donors (Lipinski definition) is 2. The Morgan fingerprint density at radius 2 is 2.10 bits per heavy atom. The number of benzene rings is 1. The number of hydrogen-bond acceptors (Lipinski definition) is 6. The van der Waals surface area contributed by atoms with Gasteiger partial charge < -0.3 is 4.90 Å². The fourth-order valence-electron chi connectivity index (χ4n) is 2.47. The number of carbonyl (C=O) groups is 1. The van der Waals surface area contributed by atoms with Gasteiger partial charge in [-0.15, -0.1) is 10.2 Å². The average Bonchev–Trinajstić information content (AvgIpc) is 2.98. The van der Waals surface area contributed by atoms with Crippen LogP contribution in [0.1, 0.15) is 24.4 Å². The molecule has 104 valence electrons. The second kappa shape index (κ2) is 4.53. The van der Waals surface area contributed by atoms with Crippen LogP contribution < -0.4 is 16.2 Å². The van der Waals surface area contributed by atoms with E-state index in [2.05, 4.69) is 15.6 Å². The molecule has 1 aromatic carbocycles. The highest BCUT2D eigenvalue weighted by molar-refractivity contribution is 7.15. The third-order valence-corrected chi connectivity index (χ3v) is 4.37. The molecule has 0 saturated heterocycles. The number of nitrogens with one attached hydrogen (secondary N) is 1. The van der Waals surface area contributed by atoms with Crippen molar-refractivity contribution in [2.24, 2.45) is 5.84 Å². The predicted octanol–water partition coefficient (Wildman–Crippen LogP) is 1.65. The molecular formula is C13H15N5OS. The zero-order valence-electron chi connectivity index (χ0n) is 11.3. The van der Waals surface area contributed by atoms with Crippen molar-refractivity contribution < 1.29 is 4.79 Å². The van der Waals surface area contributed by atoms with E-state index < -0.39 is 5.41 Å². The Kier molecular flexibility index (Phi) is 2.95. The quantitative estimate of drug-likeness (QED) is 0.663. The summed E-state index contributed by atoms with van der Waals surface area (Å²) < 4.78 is 0. The summed E-state index contributed by atoms with van der Waals surface area (Å²) in [5.41, 5.74) is 3.95. The highest BCUT2D eigenvalue weighted by atomic mass is 32.1. The highest BCUT2D eigenvalue weighted by Crippen LogP contribution is 2.42. The summed E-state index contributed by atoms with van der Waals surface area (Å²) in [4.78, 5) is 14.4. The molecule has 0 radical (unpaired) electrons. The number of rotatable bonds is 3. The third-order valence-electron chi connectivity index (χ3n) is 3.53. The van der Waals surface area contributed by atoms with Crippen molar-refractivity contribution in [1.29, 1.82) is 0 Å². The van der Waals surface area contributed by atoms with Crippen molar-refractivity contribution in [1.82, 2.24) is 10.2 Å². The number of nitrogens with two attached hydrogens (primary N) is 1. The minimum absolute atomic E-state index is 0.0798. The maximum atomic E-state index is 12.6. The molecule has 3 N–H and O–H groups in total. The standard InChI is InChI=1S/C13H15N5OS/c1-13(2)8-5-3-4-6-9(8)18(11(13)19)7-10-16-17-12(15-14)20-10/h3-6H,7,14H2,1-2H3,(H,15,17). The van der Waals surface area contributed by atoms with E-state index in [9.17, 15) is 4.79 Å². The van der Waals surface area contributed by atoms with Crippen LogP contribution in [0.3, 0.4) is 0 Å². The molecule has 0 aliphatic carbocycles. The molecule has 0 bridgehead atoms. The first-order valence-corrected chi connectivity index (χ1v) is 7.06. The van der Waals surface area contributed by atoms with E-state index >= 15 is 0 Å². The summed E-state index contributed by atoms with van der Waals surface area (Å²) in [6, 6.07) is 7.86. The first-order chi connectivity index (χ1) is 9.54. The molecule has 2 heterocycles. The van der Waals surface area contributed by atoms with Gasteiger partial charge in [0.15, 0.2) is 0 Å². The zero-order valence-corrected chi connectivity index (χ0v) is 12.1. The average molecular weight is 289 g/mol. The van der Waals surface area contributed by atoms with Gasteiger partial charge >= 0.3 is 0 Å². The number of para-hydroxylation sites is 1. The lowest BCUT2D eigenvalue weighted by molar-refractivity contribution is -0.122. The summed E-state index contributed by atoms with van der Waals surface area (Å²) >= 11 is 1.34. The van der Waals surface area contributed by atoms with Crippen molar-refractivity contribution in [3.63, 3.8) is 0 Å². The van der Waals surface area contributed by atoms with Gasteiger partial charge in [0.25, 0.3) is 0 Å². The summed E-state index contributed by atoms with van der Waals surface area (Å²) in [7, 11) is 0. The summed E-state index contributed by atoms with van der Waals surface area (Å²) in [5, 5.41) is 9.22. The number of nitrogen functional groups attached to an aromatic ring is 1. The van der Waals surface area contributed by atoms with Crippen LogP contribution in [0, 0.1) is 0 Å². The van der Waals surface area contributed by atoms with E-state index in [4.69, 9.17) is 5.84 Å². The third kappa shape index (κ3) is 1.86. The first-order valence-electron chi connectivity index (χ1n) is 6.24. The van der Waals surface area contributed by atoms with Gasteiger partial charge in [-0.1, -0.05) is 29.5 Å². The Morgan fingerprint density at radius 3 is 2.80 bits per heavy atom. The van der Waals surface area contributed by atoms with Gasteiger partial charge in [-0.2, -0.15) is 0 Å². The minimum atomic E-state index is -0.504. The molecule has 1 amide bonds. The van der Waals surface area contributed by atoms with Crippen LogP contribution >= 0.6 is 11.3 Å². The molecule has 2 aromatic rings. The van der Waals surface area contributed by atoms with Gasteiger partial charge in [0, 0.05) is 5.69 Å². The van der Waals surface area contributed by atoms with Gasteiger partial charge in [0.1, 0.15) is 5.01 Å². The summed E-state index contributed by atoms with van der Waals surface area (Å²) in [6.45, 7) is 4.31. The van der Waals surface area contributed by atoms with Gasteiger partial charge in [-0.3, -0.25) is 10.2 Å². The van der Waals surface area contributed by atoms with Gasteiger partial charge in [-0.05, 0) is 25.5 Å². The van der Waals surface area contributed by atoms with Crippen LogP contribution in [0.5, 0.6) is 0 Å². The summed E-state index contributed by atoms with van der Waals surface area (Å²) in [6.07, 6.45) is 0. The Balaban J connectivity index is 1.96. The number of fused-ring (bicyclic) bond motifs is 1. The van der Waals surface area contributed by atoms with Crippen LogP contribution in [0.4, 0.5) is 10.8 Å². The second-order valence-electron chi connectivity index (χ2n) is 5.18. The monoisotopic (exact) mass is 289 g/mol. The number of anilines is 2. The molecule has 1 aliphatic rings.